The molecule has 2 heterocycles. The van der Waals surface area contributed by atoms with Crippen LogP contribution in [-0.4, -0.2) is 60.3 Å². The number of esters is 1. The molecule has 1 aromatic heterocycles. The highest BCUT2D eigenvalue weighted by molar-refractivity contribution is 6.07. The fourth-order valence-electron chi connectivity index (χ4n) is 3.68. The maximum absolute atomic E-state index is 12.7. The van der Waals surface area contributed by atoms with Crippen LogP contribution >= 0.6 is 0 Å². The van der Waals surface area contributed by atoms with Gasteiger partial charge in [0.1, 0.15) is 12.5 Å². The lowest BCUT2D eigenvalue weighted by Crippen LogP contribution is -2.38. The number of aromatic amines is 1. The number of benzene rings is 1. The molecule has 0 spiro atoms. The third-order valence-electron chi connectivity index (χ3n) is 5.27. The molecule has 0 saturated heterocycles. The lowest BCUT2D eigenvalue weighted by atomic mass is 10.0. The van der Waals surface area contributed by atoms with Gasteiger partial charge in [0.15, 0.2) is 0 Å². The van der Waals surface area contributed by atoms with Gasteiger partial charge in [-0.3, -0.25) is 4.90 Å². The third-order valence-corrected chi connectivity index (χ3v) is 5.27. The van der Waals surface area contributed by atoms with Crippen molar-refractivity contribution in [2.75, 3.05) is 39.5 Å². The number of hydrogen-bond acceptors (Lipinski definition) is 5. The number of fused-ring (bicyclic) bond motifs is 3. The molecule has 6 heteroatoms. The van der Waals surface area contributed by atoms with Gasteiger partial charge in [-0.15, -0.1) is 0 Å². The first kappa shape index (κ1) is 19.7. The average molecular weight is 373 g/mol. The summed E-state index contributed by atoms with van der Waals surface area (Å²) >= 11 is 0. The summed E-state index contributed by atoms with van der Waals surface area (Å²) in [5.74, 6) is 0.611. The van der Waals surface area contributed by atoms with Crippen molar-refractivity contribution in [1.29, 1.82) is 0 Å². The van der Waals surface area contributed by atoms with Gasteiger partial charge < -0.3 is 19.4 Å². The molecule has 1 N–H and O–H groups in total. The molecule has 0 saturated carbocycles. The molecule has 0 aliphatic carbocycles. The lowest BCUT2D eigenvalue weighted by molar-refractivity contribution is 0.0506. The molecule has 0 amide bonds. The Labute approximate surface area is 161 Å². The van der Waals surface area contributed by atoms with Gasteiger partial charge >= 0.3 is 5.97 Å². The van der Waals surface area contributed by atoms with Crippen LogP contribution in [0.5, 0.6) is 5.75 Å². The third kappa shape index (κ3) is 4.12. The second-order valence-electron chi connectivity index (χ2n) is 7.08. The number of rotatable bonds is 8. The molecule has 0 atom stereocenters. The molecule has 6 nitrogen and oxygen atoms in total. The fraction of sp³-hybridized carbons (Fsp3) is 0.571. The first-order valence-corrected chi connectivity index (χ1v) is 9.97. The average Bonchev–Trinajstić information content (AvgIpc) is 3.03. The van der Waals surface area contributed by atoms with Gasteiger partial charge in [0.25, 0.3) is 0 Å². The first-order valence-electron chi connectivity index (χ1n) is 9.97. The molecule has 3 rings (SSSR count). The maximum Gasteiger partial charge on any atom is 0.340 e. The molecule has 1 aliphatic rings. The molecule has 0 radical (unpaired) electrons. The Morgan fingerprint density at radius 2 is 2.07 bits per heavy atom. The van der Waals surface area contributed by atoms with Crippen molar-refractivity contribution in [2.45, 2.75) is 40.7 Å². The smallest absolute Gasteiger partial charge is 0.340 e. The summed E-state index contributed by atoms with van der Waals surface area (Å²) < 4.78 is 11.4. The highest BCUT2D eigenvalue weighted by atomic mass is 16.5. The van der Waals surface area contributed by atoms with Crippen LogP contribution in [0.15, 0.2) is 12.1 Å². The molecule has 0 bridgehead atoms. The standard InChI is InChI=1S/C21H31N3O3/c1-5-12-26-21(25)19-15(4)22-17-8-9-18-16(20(17)19)13-24(14-27-18)11-10-23(6-2)7-3/h8-9,22H,5-7,10-14H2,1-4H3. The molecule has 148 valence electrons. The van der Waals surface area contributed by atoms with Gasteiger partial charge in [0, 0.05) is 41.8 Å². The summed E-state index contributed by atoms with van der Waals surface area (Å²) in [6, 6.07) is 3.99. The number of hydrogen-bond donors (Lipinski definition) is 1. The summed E-state index contributed by atoms with van der Waals surface area (Å²) in [7, 11) is 0. The van der Waals surface area contributed by atoms with Gasteiger partial charge in [0.2, 0.25) is 0 Å². The van der Waals surface area contributed by atoms with Crippen molar-refractivity contribution in [3.63, 3.8) is 0 Å². The Morgan fingerprint density at radius 1 is 1.30 bits per heavy atom. The highest BCUT2D eigenvalue weighted by Gasteiger charge is 2.26. The number of aromatic nitrogens is 1. The van der Waals surface area contributed by atoms with E-state index in [9.17, 15) is 4.79 Å². The van der Waals surface area contributed by atoms with Crippen LogP contribution in [0.4, 0.5) is 0 Å². The Kier molecular flexibility index (Phi) is 6.39. The van der Waals surface area contributed by atoms with E-state index in [0.29, 0.717) is 18.9 Å². The van der Waals surface area contributed by atoms with Crippen LogP contribution in [-0.2, 0) is 11.3 Å². The minimum Gasteiger partial charge on any atom is -0.478 e. The number of H-pyrrole nitrogens is 1. The number of ether oxygens (including phenoxy) is 2. The number of nitrogens with zero attached hydrogens (tertiary/aromatic N) is 2. The van der Waals surface area contributed by atoms with Crippen molar-refractivity contribution < 1.29 is 14.3 Å². The Bertz CT molecular complexity index is 796. The fourth-order valence-corrected chi connectivity index (χ4v) is 3.68. The summed E-state index contributed by atoms with van der Waals surface area (Å²) in [5.41, 5.74) is 3.53. The largest absolute Gasteiger partial charge is 0.478 e. The Balaban J connectivity index is 1.89. The second-order valence-corrected chi connectivity index (χ2v) is 7.08. The summed E-state index contributed by atoms with van der Waals surface area (Å²) in [6.45, 7) is 14.2. The SMILES string of the molecule is CCCOC(=O)c1c(C)[nH]c2ccc3c(c12)CN(CCN(CC)CC)CO3. The minimum absolute atomic E-state index is 0.255. The highest BCUT2D eigenvalue weighted by Crippen LogP contribution is 2.35. The van der Waals surface area contributed by atoms with E-state index in [1.165, 1.54) is 0 Å². The van der Waals surface area contributed by atoms with Crippen LogP contribution < -0.4 is 4.74 Å². The van der Waals surface area contributed by atoms with Crippen LogP contribution in [0.2, 0.25) is 0 Å². The van der Waals surface area contributed by atoms with Gasteiger partial charge in [-0.25, -0.2) is 4.79 Å². The minimum atomic E-state index is -0.255. The number of aryl methyl sites for hydroxylation is 1. The maximum atomic E-state index is 12.7. The van der Waals surface area contributed by atoms with E-state index in [1.807, 2.05) is 26.0 Å². The van der Waals surface area contributed by atoms with E-state index >= 15 is 0 Å². The molecule has 0 fully saturated rings. The van der Waals surface area contributed by atoms with Crippen molar-refractivity contribution in [3.8, 4) is 5.75 Å². The number of carbonyl (C=O) groups excluding carboxylic acids is 1. The van der Waals surface area contributed by atoms with E-state index < -0.39 is 0 Å². The van der Waals surface area contributed by atoms with Crippen LogP contribution in [0, 0.1) is 6.92 Å². The number of likely N-dealkylation sites (N-methyl/N-ethyl adjacent to an activating group) is 1. The predicted molar refractivity (Wildman–Crippen MR) is 107 cm³/mol. The summed E-state index contributed by atoms with van der Waals surface area (Å²) in [4.78, 5) is 20.7. The van der Waals surface area contributed by atoms with Crippen molar-refractivity contribution in [1.82, 2.24) is 14.8 Å². The van der Waals surface area contributed by atoms with Gasteiger partial charge in [-0.1, -0.05) is 20.8 Å². The molecule has 1 aliphatic heterocycles. The van der Waals surface area contributed by atoms with Crippen LogP contribution in [0.1, 0.15) is 48.8 Å². The van der Waals surface area contributed by atoms with E-state index in [-0.39, 0.29) is 5.97 Å². The zero-order valence-corrected chi connectivity index (χ0v) is 16.9. The van der Waals surface area contributed by atoms with Gasteiger partial charge in [-0.05, 0) is 38.6 Å². The van der Waals surface area contributed by atoms with Gasteiger partial charge in [0.05, 0.1) is 12.2 Å². The topological polar surface area (TPSA) is 57.8 Å². The van der Waals surface area contributed by atoms with E-state index in [0.717, 1.165) is 67.1 Å². The first-order chi connectivity index (χ1) is 13.1. The summed E-state index contributed by atoms with van der Waals surface area (Å²) in [6.07, 6.45) is 0.813. The van der Waals surface area contributed by atoms with Crippen molar-refractivity contribution in [3.05, 3.63) is 29.0 Å². The molecule has 2 aromatic rings. The molecular weight excluding hydrogens is 342 g/mol. The lowest BCUT2D eigenvalue weighted by Gasteiger charge is -2.31. The van der Waals surface area contributed by atoms with E-state index in [2.05, 4.69) is 28.6 Å². The normalized spacial score (nSPS) is 14.4. The molecule has 0 unspecified atom stereocenters. The number of carbonyl (C=O) groups is 1. The van der Waals surface area contributed by atoms with Crippen molar-refractivity contribution >= 4 is 16.9 Å². The Morgan fingerprint density at radius 3 is 2.78 bits per heavy atom. The van der Waals surface area contributed by atoms with Crippen molar-refractivity contribution in [2.24, 2.45) is 0 Å². The molecule has 1 aromatic carbocycles. The van der Waals surface area contributed by atoms with E-state index in [4.69, 9.17) is 9.47 Å². The van der Waals surface area contributed by atoms with Gasteiger partial charge in [-0.2, -0.15) is 0 Å². The zero-order chi connectivity index (χ0) is 19.4. The van der Waals surface area contributed by atoms with E-state index in [1.54, 1.807) is 0 Å². The number of nitrogens with one attached hydrogen (secondary N) is 1. The Hall–Kier alpha value is -2.05. The predicted octanol–water partition coefficient (Wildman–Crippen LogP) is 3.54. The quantitative estimate of drug-likeness (QED) is 0.717. The molecular formula is C21H31N3O3. The second kappa shape index (κ2) is 8.76. The molecule has 27 heavy (non-hydrogen) atoms. The monoisotopic (exact) mass is 373 g/mol. The zero-order valence-electron chi connectivity index (χ0n) is 16.9. The summed E-state index contributed by atoms with van der Waals surface area (Å²) in [5, 5.41) is 0.943. The van der Waals surface area contributed by atoms with Crippen LogP contribution in [0.3, 0.4) is 0 Å². The van der Waals surface area contributed by atoms with Crippen LogP contribution in [0.25, 0.3) is 10.9 Å².